The van der Waals surface area contributed by atoms with Gasteiger partial charge in [-0.05, 0) is 31.0 Å². The lowest BCUT2D eigenvalue weighted by Gasteiger charge is -2.05. The summed E-state index contributed by atoms with van der Waals surface area (Å²) in [4.78, 5) is 4.15. The Morgan fingerprint density at radius 1 is 1.13 bits per heavy atom. The molecule has 0 atom stereocenters. The van der Waals surface area contributed by atoms with Crippen LogP contribution in [0.25, 0.3) is 10.9 Å². The van der Waals surface area contributed by atoms with Crippen molar-refractivity contribution in [2.45, 2.75) is 13.8 Å². The predicted octanol–water partition coefficient (Wildman–Crippen LogP) is 2.17. The summed E-state index contributed by atoms with van der Waals surface area (Å²) in [5, 5.41) is 17.7. The SMILES string of the molecule is CO.Cc1cc(C)c2cccnc2c1O. The number of benzene rings is 1. The number of aliphatic hydroxyl groups excluding tert-OH is 1. The van der Waals surface area contributed by atoms with Gasteiger partial charge in [-0.1, -0.05) is 12.1 Å². The first-order chi connectivity index (χ1) is 7.20. The lowest BCUT2D eigenvalue weighted by atomic mass is 10.1. The Balaban J connectivity index is 0.000000531. The molecule has 1 aromatic heterocycles. The van der Waals surface area contributed by atoms with Gasteiger partial charge in [-0.2, -0.15) is 0 Å². The molecule has 3 nitrogen and oxygen atoms in total. The number of aryl methyl sites for hydroxylation is 2. The second kappa shape index (κ2) is 4.75. The zero-order valence-corrected chi connectivity index (χ0v) is 9.15. The van der Waals surface area contributed by atoms with E-state index in [2.05, 4.69) is 4.98 Å². The van der Waals surface area contributed by atoms with Crippen LogP contribution in [0.15, 0.2) is 24.4 Å². The smallest absolute Gasteiger partial charge is 0.144 e. The summed E-state index contributed by atoms with van der Waals surface area (Å²) in [5.74, 6) is 0.293. The Morgan fingerprint density at radius 3 is 2.47 bits per heavy atom. The van der Waals surface area contributed by atoms with Crippen LogP contribution < -0.4 is 0 Å². The van der Waals surface area contributed by atoms with E-state index in [9.17, 15) is 5.11 Å². The maximum Gasteiger partial charge on any atom is 0.144 e. The molecule has 80 valence electrons. The van der Waals surface area contributed by atoms with Gasteiger partial charge in [0.1, 0.15) is 11.3 Å². The summed E-state index contributed by atoms with van der Waals surface area (Å²) in [5.41, 5.74) is 2.72. The molecule has 2 N–H and O–H groups in total. The Labute approximate surface area is 89.0 Å². The lowest BCUT2D eigenvalue weighted by molar-refractivity contribution is 0.399. The number of pyridine rings is 1. The van der Waals surface area contributed by atoms with Crippen LogP contribution in [0, 0.1) is 13.8 Å². The first-order valence-electron chi connectivity index (χ1n) is 4.69. The second-order valence-corrected chi connectivity index (χ2v) is 3.26. The summed E-state index contributed by atoms with van der Waals surface area (Å²) < 4.78 is 0. The minimum atomic E-state index is 0.293. The number of aliphatic hydroxyl groups is 1. The molecule has 0 aliphatic carbocycles. The molecule has 0 amide bonds. The average molecular weight is 205 g/mol. The van der Waals surface area contributed by atoms with Crippen LogP contribution in [0.5, 0.6) is 5.75 Å². The van der Waals surface area contributed by atoms with Gasteiger partial charge in [0.15, 0.2) is 0 Å². The summed E-state index contributed by atoms with van der Waals surface area (Å²) in [6.45, 7) is 3.91. The minimum absolute atomic E-state index is 0.293. The molecular weight excluding hydrogens is 190 g/mol. The number of rotatable bonds is 0. The number of fused-ring (bicyclic) bond motifs is 1. The maximum absolute atomic E-state index is 9.72. The third-order valence-electron chi connectivity index (χ3n) is 2.26. The van der Waals surface area contributed by atoms with E-state index in [0.717, 1.165) is 23.6 Å². The molecule has 0 fully saturated rings. The van der Waals surface area contributed by atoms with Crippen molar-refractivity contribution in [2.75, 3.05) is 7.11 Å². The molecule has 2 aromatic rings. The van der Waals surface area contributed by atoms with Crippen molar-refractivity contribution in [1.82, 2.24) is 4.98 Å². The van der Waals surface area contributed by atoms with Gasteiger partial charge < -0.3 is 10.2 Å². The summed E-state index contributed by atoms with van der Waals surface area (Å²) in [7, 11) is 1.00. The fourth-order valence-corrected chi connectivity index (χ4v) is 1.57. The fraction of sp³-hybridized carbons (Fsp3) is 0.250. The van der Waals surface area contributed by atoms with Crippen molar-refractivity contribution in [3.63, 3.8) is 0 Å². The van der Waals surface area contributed by atoms with Crippen molar-refractivity contribution >= 4 is 10.9 Å². The molecule has 0 unspecified atom stereocenters. The molecule has 0 bridgehead atoms. The third-order valence-corrected chi connectivity index (χ3v) is 2.26. The highest BCUT2D eigenvalue weighted by atomic mass is 16.3. The van der Waals surface area contributed by atoms with E-state index in [-0.39, 0.29) is 0 Å². The van der Waals surface area contributed by atoms with Crippen LogP contribution >= 0.6 is 0 Å². The van der Waals surface area contributed by atoms with Gasteiger partial charge in [0.05, 0.1) is 0 Å². The van der Waals surface area contributed by atoms with Crippen LogP contribution in [0.3, 0.4) is 0 Å². The Kier molecular flexibility index (Phi) is 3.63. The highest BCUT2D eigenvalue weighted by molar-refractivity contribution is 5.88. The van der Waals surface area contributed by atoms with Gasteiger partial charge in [-0.25, -0.2) is 0 Å². The van der Waals surface area contributed by atoms with E-state index in [0.29, 0.717) is 11.3 Å². The molecule has 0 radical (unpaired) electrons. The topological polar surface area (TPSA) is 53.4 Å². The highest BCUT2D eigenvalue weighted by Gasteiger charge is 2.05. The Bertz CT molecular complexity index is 466. The molecule has 2 rings (SSSR count). The number of hydrogen-bond donors (Lipinski definition) is 2. The molecule has 3 heteroatoms. The molecule has 0 saturated heterocycles. The van der Waals surface area contributed by atoms with Crippen LogP contribution in [0.4, 0.5) is 0 Å². The lowest BCUT2D eigenvalue weighted by Crippen LogP contribution is -1.85. The molecule has 0 saturated carbocycles. The fourth-order valence-electron chi connectivity index (χ4n) is 1.57. The van der Waals surface area contributed by atoms with Crippen molar-refractivity contribution in [3.05, 3.63) is 35.5 Å². The molecular formula is C12H15NO2. The van der Waals surface area contributed by atoms with Gasteiger partial charge in [0.25, 0.3) is 0 Å². The molecule has 0 aliphatic heterocycles. The highest BCUT2D eigenvalue weighted by Crippen LogP contribution is 2.28. The quantitative estimate of drug-likeness (QED) is 0.693. The predicted molar refractivity (Wildman–Crippen MR) is 61.0 cm³/mol. The largest absolute Gasteiger partial charge is 0.505 e. The zero-order chi connectivity index (χ0) is 11.4. The molecule has 1 heterocycles. The Hall–Kier alpha value is -1.61. The van der Waals surface area contributed by atoms with E-state index in [1.165, 1.54) is 0 Å². The zero-order valence-electron chi connectivity index (χ0n) is 9.15. The summed E-state index contributed by atoms with van der Waals surface area (Å²) in [6.07, 6.45) is 1.70. The Morgan fingerprint density at radius 2 is 1.80 bits per heavy atom. The van der Waals surface area contributed by atoms with Crippen LogP contribution in [0.2, 0.25) is 0 Å². The van der Waals surface area contributed by atoms with Gasteiger partial charge in [0.2, 0.25) is 0 Å². The van der Waals surface area contributed by atoms with Crippen LogP contribution in [-0.4, -0.2) is 22.3 Å². The molecule has 0 spiro atoms. The number of hydrogen-bond acceptors (Lipinski definition) is 3. The first-order valence-corrected chi connectivity index (χ1v) is 4.69. The average Bonchev–Trinajstić information content (AvgIpc) is 2.29. The maximum atomic E-state index is 9.72. The second-order valence-electron chi connectivity index (χ2n) is 3.26. The van der Waals surface area contributed by atoms with E-state index < -0.39 is 0 Å². The number of phenolic OH excluding ortho intramolecular Hbond substituents is 1. The minimum Gasteiger partial charge on any atom is -0.505 e. The van der Waals surface area contributed by atoms with E-state index in [1.807, 2.05) is 32.0 Å². The van der Waals surface area contributed by atoms with Crippen LogP contribution in [0.1, 0.15) is 11.1 Å². The third kappa shape index (κ3) is 2.07. The van der Waals surface area contributed by atoms with Gasteiger partial charge in [-0.3, -0.25) is 4.98 Å². The van der Waals surface area contributed by atoms with Gasteiger partial charge in [-0.15, -0.1) is 0 Å². The standard InChI is InChI=1S/C11H11NO.CH4O/c1-7-6-8(2)11(13)10-9(7)4-3-5-12-10;1-2/h3-6,13H,1-2H3;2H,1H3. The number of aromatic nitrogens is 1. The van der Waals surface area contributed by atoms with E-state index in [4.69, 9.17) is 5.11 Å². The van der Waals surface area contributed by atoms with E-state index in [1.54, 1.807) is 6.20 Å². The molecule has 15 heavy (non-hydrogen) atoms. The van der Waals surface area contributed by atoms with Gasteiger partial charge in [0, 0.05) is 18.7 Å². The van der Waals surface area contributed by atoms with Crippen LogP contribution in [-0.2, 0) is 0 Å². The van der Waals surface area contributed by atoms with Gasteiger partial charge >= 0.3 is 0 Å². The van der Waals surface area contributed by atoms with E-state index >= 15 is 0 Å². The monoisotopic (exact) mass is 205 g/mol. The van der Waals surface area contributed by atoms with Crippen molar-refractivity contribution < 1.29 is 10.2 Å². The normalized spacial score (nSPS) is 9.60. The van der Waals surface area contributed by atoms with Crippen molar-refractivity contribution in [1.29, 1.82) is 0 Å². The summed E-state index contributed by atoms with van der Waals surface area (Å²) in [6, 6.07) is 5.82. The summed E-state index contributed by atoms with van der Waals surface area (Å²) >= 11 is 0. The van der Waals surface area contributed by atoms with Crippen molar-refractivity contribution in [3.8, 4) is 5.75 Å². The first kappa shape index (κ1) is 11.5. The number of nitrogens with zero attached hydrogens (tertiary/aromatic N) is 1. The number of aromatic hydroxyl groups is 1. The molecule has 1 aromatic carbocycles. The molecule has 0 aliphatic rings. The van der Waals surface area contributed by atoms with Crippen molar-refractivity contribution in [2.24, 2.45) is 0 Å². The number of phenols is 1.